The van der Waals surface area contributed by atoms with Gasteiger partial charge in [-0.1, -0.05) is 13.8 Å². The number of aromatic nitrogens is 1. The van der Waals surface area contributed by atoms with Crippen LogP contribution in [0.3, 0.4) is 0 Å². The molecule has 0 aliphatic rings. The third-order valence-corrected chi connectivity index (χ3v) is 3.55. The summed E-state index contributed by atoms with van der Waals surface area (Å²) in [5.74, 6) is 0.584. The Balaban J connectivity index is 2.11. The number of benzene rings is 1. The molecule has 1 heterocycles. The highest BCUT2D eigenvalue weighted by Crippen LogP contribution is 2.22. The number of hydrogen-bond donors (Lipinski definition) is 2. The summed E-state index contributed by atoms with van der Waals surface area (Å²) in [6.07, 6.45) is 2.08. The third-order valence-electron chi connectivity index (χ3n) is 3.55. The number of likely N-dealkylation sites (N-methyl/N-ethyl adjacent to an activating group) is 1. The van der Waals surface area contributed by atoms with Crippen molar-refractivity contribution in [1.82, 2.24) is 9.47 Å². The van der Waals surface area contributed by atoms with Gasteiger partial charge in [0.25, 0.3) is 0 Å². The van der Waals surface area contributed by atoms with Crippen molar-refractivity contribution in [3.05, 3.63) is 30.5 Å². The van der Waals surface area contributed by atoms with E-state index in [1.54, 1.807) is 20.9 Å². The lowest BCUT2D eigenvalue weighted by molar-refractivity contribution is 0.0550. The van der Waals surface area contributed by atoms with Gasteiger partial charge in [0.05, 0.1) is 12.1 Å². The van der Waals surface area contributed by atoms with Crippen molar-refractivity contribution < 1.29 is 9.90 Å². The highest BCUT2D eigenvalue weighted by atomic mass is 16.3. The van der Waals surface area contributed by atoms with Gasteiger partial charge >= 0.3 is 6.03 Å². The second kappa shape index (κ2) is 6.62. The minimum atomic E-state index is -0.913. The van der Waals surface area contributed by atoms with E-state index >= 15 is 0 Å². The number of urea groups is 1. The van der Waals surface area contributed by atoms with E-state index in [1.807, 2.05) is 18.2 Å². The Morgan fingerprint density at radius 3 is 2.65 bits per heavy atom. The predicted octanol–water partition coefficient (Wildman–Crippen LogP) is 3.53. The quantitative estimate of drug-likeness (QED) is 0.886. The lowest BCUT2D eigenvalue weighted by Crippen LogP contribution is -2.41. The zero-order valence-corrected chi connectivity index (χ0v) is 14.6. The van der Waals surface area contributed by atoms with Crippen molar-refractivity contribution in [2.24, 2.45) is 5.92 Å². The Morgan fingerprint density at radius 2 is 2.04 bits per heavy atom. The summed E-state index contributed by atoms with van der Waals surface area (Å²) in [5.41, 5.74) is 1.01. The number of nitrogens with one attached hydrogen (secondary N) is 1. The van der Waals surface area contributed by atoms with Crippen LogP contribution in [0.25, 0.3) is 10.9 Å². The van der Waals surface area contributed by atoms with Gasteiger partial charge in [-0.05, 0) is 44.0 Å². The number of fused-ring (bicyclic) bond motifs is 1. The van der Waals surface area contributed by atoms with Crippen molar-refractivity contribution in [3.8, 4) is 0 Å². The molecule has 1 aromatic heterocycles. The van der Waals surface area contributed by atoms with Crippen LogP contribution >= 0.6 is 0 Å². The van der Waals surface area contributed by atoms with Crippen molar-refractivity contribution in [1.29, 1.82) is 0 Å². The predicted molar refractivity (Wildman–Crippen MR) is 94.7 cm³/mol. The third kappa shape index (κ3) is 4.73. The molecule has 0 spiro atoms. The number of carbonyl (C=O) groups excluding carboxylic acids is 1. The molecule has 2 N–H and O–H groups in total. The van der Waals surface area contributed by atoms with Gasteiger partial charge in [-0.2, -0.15) is 0 Å². The molecule has 1 aromatic carbocycles. The van der Waals surface area contributed by atoms with Gasteiger partial charge in [0.1, 0.15) is 0 Å². The van der Waals surface area contributed by atoms with Crippen LogP contribution in [-0.2, 0) is 6.54 Å². The largest absolute Gasteiger partial charge is 0.389 e. The summed E-state index contributed by atoms with van der Waals surface area (Å²) in [6.45, 7) is 8.99. The number of rotatable bonds is 5. The van der Waals surface area contributed by atoms with Gasteiger partial charge in [-0.15, -0.1) is 0 Å². The molecule has 0 saturated heterocycles. The minimum absolute atomic E-state index is 0.229. The SMILES string of the molecule is CC(C)Cn1ccc2cc(NC(=O)N(C)CC(C)(C)O)ccc21. The van der Waals surface area contributed by atoms with E-state index in [2.05, 4.69) is 36.0 Å². The first-order valence-electron chi connectivity index (χ1n) is 7.99. The van der Waals surface area contributed by atoms with E-state index in [9.17, 15) is 9.90 Å². The number of anilines is 1. The molecule has 2 amide bonds. The molecule has 0 saturated carbocycles. The summed E-state index contributed by atoms with van der Waals surface area (Å²) in [4.78, 5) is 13.7. The molecule has 0 radical (unpaired) electrons. The number of carbonyl (C=O) groups is 1. The molecule has 2 aromatic rings. The van der Waals surface area contributed by atoms with Gasteiger partial charge in [-0.3, -0.25) is 0 Å². The average molecular weight is 317 g/mol. The van der Waals surface area contributed by atoms with E-state index < -0.39 is 5.60 Å². The molecule has 0 aliphatic carbocycles. The van der Waals surface area contributed by atoms with Crippen LogP contribution in [0.4, 0.5) is 10.5 Å². The molecule has 0 unspecified atom stereocenters. The fourth-order valence-electron chi connectivity index (χ4n) is 2.70. The Labute approximate surface area is 137 Å². The zero-order valence-electron chi connectivity index (χ0n) is 14.6. The van der Waals surface area contributed by atoms with Crippen molar-refractivity contribution in [3.63, 3.8) is 0 Å². The van der Waals surface area contributed by atoms with Crippen LogP contribution < -0.4 is 5.32 Å². The molecule has 2 rings (SSSR count). The lowest BCUT2D eigenvalue weighted by atomic mass is 10.1. The van der Waals surface area contributed by atoms with Gasteiger partial charge in [0.2, 0.25) is 0 Å². The summed E-state index contributed by atoms with van der Waals surface area (Å²) in [7, 11) is 1.67. The highest BCUT2D eigenvalue weighted by Gasteiger charge is 2.19. The summed E-state index contributed by atoms with van der Waals surface area (Å²) >= 11 is 0. The molecule has 126 valence electrons. The Morgan fingerprint density at radius 1 is 1.35 bits per heavy atom. The normalized spacial score (nSPS) is 12.0. The van der Waals surface area contributed by atoms with Crippen LogP contribution in [0.2, 0.25) is 0 Å². The number of hydrogen-bond acceptors (Lipinski definition) is 2. The van der Waals surface area contributed by atoms with Gasteiger partial charge in [0.15, 0.2) is 0 Å². The van der Waals surface area contributed by atoms with Gasteiger partial charge in [-0.25, -0.2) is 4.79 Å². The average Bonchev–Trinajstić information content (AvgIpc) is 2.78. The van der Waals surface area contributed by atoms with E-state index in [1.165, 1.54) is 10.4 Å². The first-order chi connectivity index (χ1) is 10.7. The minimum Gasteiger partial charge on any atom is -0.389 e. The summed E-state index contributed by atoms with van der Waals surface area (Å²) < 4.78 is 2.23. The van der Waals surface area contributed by atoms with Gasteiger partial charge in [0, 0.05) is 36.4 Å². The van der Waals surface area contributed by atoms with E-state index in [4.69, 9.17) is 0 Å². The number of aliphatic hydroxyl groups is 1. The van der Waals surface area contributed by atoms with E-state index in [-0.39, 0.29) is 12.6 Å². The molecule has 0 atom stereocenters. The fourth-order valence-corrected chi connectivity index (χ4v) is 2.70. The van der Waals surface area contributed by atoms with Crippen molar-refractivity contribution >= 4 is 22.6 Å². The lowest BCUT2D eigenvalue weighted by Gasteiger charge is -2.25. The maximum absolute atomic E-state index is 12.2. The highest BCUT2D eigenvalue weighted by molar-refractivity contribution is 5.92. The smallest absolute Gasteiger partial charge is 0.321 e. The molecular weight excluding hydrogens is 290 g/mol. The fraction of sp³-hybridized carbons (Fsp3) is 0.500. The second-order valence-corrected chi connectivity index (χ2v) is 7.23. The number of amides is 2. The monoisotopic (exact) mass is 317 g/mol. The van der Waals surface area contributed by atoms with Crippen LogP contribution in [0.1, 0.15) is 27.7 Å². The molecular formula is C18H27N3O2. The van der Waals surface area contributed by atoms with Crippen LogP contribution in [0.5, 0.6) is 0 Å². The maximum Gasteiger partial charge on any atom is 0.321 e. The van der Waals surface area contributed by atoms with Crippen LogP contribution in [0, 0.1) is 5.92 Å². The summed E-state index contributed by atoms with van der Waals surface area (Å²) in [5, 5.41) is 13.8. The Hall–Kier alpha value is -2.01. The van der Waals surface area contributed by atoms with Crippen molar-refractivity contribution in [2.45, 2.75) is 39.8 Å². The van der Waals surface area contributed by atoms with Crippen LogP contribution in [0.15, 0.2) is 30.5 Å². The molecule has 23 heavy (non-hydrogen) atoms. The molecule has 0 bridgehead atoms. The van der Waals surface area contributed by atoms with E-state index in [0.717, 1.165) is 17.6 Å². The Bertz CT molecular complexity index is 683. The second-order valence-electron chi connectivity index (χ2n) is 7.23. The standard InChI is InChI=1S/C18H27N3O2/c1-13(2)11-21-9-8-14-10-15(6-7-16(14)21)19-17(22)20(5)12-18(3,4)23/h6-10,13,23H,11-12H2,1-5H3,(H,19,22). The molecule has 5 nitrogen and oxygen atoms in total. The van der Waals surface area contributed by atoms with Crippen molar-refractivity contribution in [2.75, 3.05) is 18.9 Å². The van der Waals surface area contributed by atoms with Crippen LogP contribution in [-0.4, -0.2) is 39.8 Å². The number of nitrogens with zero attached hydrogens (tertiary/aromatic N) is 2. The van der Waals surface area contributed by atoms with E-state index in [0.29, 0.717) is 5.92 Å². The topological polar surface area (TPSA) is 57.5 Å². The molecule has 5 heteroatoms. The first-order valence-corrected chi connectivity index (χ1v) is 7.99. The Kier molecular flexibility index (Phi) is 5.00. The summed E-state index contributed by atoms with van der Waals surface area (Å²) in [6, 6.07) is 7.75. The first kappa shape index (κ1) is 17.3. The molecule has 0 aliphatic heterocycles. The molecule has 0 fully saturated rings. The maximum atomic E-state index is 12.2. The zero-order chi connectivity index (χ0) is 17.2. The van der Waals surface area contributed by atoms with Gasteiger partial charge < -0.3 is 19.9 Å².